The molecule has 3 N–H and O–H groups in total. The zero-order valence-electron chi connectivity index (χ0n) is 10.9. The number of hydrogen-bond acceptors (Lipinski definition) is 4. The van der Waals surface area contributed by atoms with Crippen molar-refractivity contribution in [1.82, 2.24) is 10.6 Å². The van der Waals surface area contributed by atoms with Crippen LogP contribution in [-0.2, 0) is 11.2 Å². The van der Waals surface area contributed by atoms with Crippen molar-refractivity contribution in [1.29, 1.82) is 0 Å². The molecule has 2 atom stereocenters. The van der Waals surface area contributed by atoms with Crippen molar-refractivity contribution in [3.63, 3.8) is 0 Å². The van der Waals surface area contributed by atoms with E-state index in [-0.39, 0.29) is 6.04 Å². The Labute approximate surface area is 108 Å². The van der Waals surface area contributed by atoms with E-state index in [1.807, 2.05) is 6.07 Å². The monoisotopic (exact) mass is 250 g/mol. The quantitative estimate of drug-likeness (QED) is 0.643. The smallest absolute Gasteiger partial charge is 0.0859 e. The molecule has 2 unspecified atom stereocenters. The Morgan fingerprint density at radius 3 is 3.17 bits per heavy atom. The minimum absolute atomic E-state index is 0.0324. The van der Waals surface area contributed by atoms with Crippen LogP contribution in [-0.4, -0.2) is 44.6 Å². The van der Waals surface area contributed by atoms with E-state index < -0.39 is 6.10 Å². The van der Waals surface area contributed by atoms with Gasteiger partial charge in [-0.2, -0.15) is 0 Å². The van der Waals surface area contributed by atoms with E-state index >= 15 is 0 Å². The molecule has 0 radical (unpaired) electrons. The van der Waals surface area contributed by atoms with Crippen LogP contribution in [0.3, 0.4) is 0 Å². The Morgan fingerprint density at radius 1 is 1.50 bits per heavy atom. The lowest BCUT2D eigenvalue weighted by Crippen LogP contribution is -2.42. The number of nitrogens with one attached hydrogen (secondary N) is 2. The van der Waals surface area contributed by atoms with Crippen molar-refractivity contribution in [2.24, 2.45) is 0 Å². The van der Waals surface area contributed by atoms with Gasteiger partial charge in [-0.15, -0.1) is 0 Å². The lowest BCUT2D eigenvalue weighted by molar-refractivity contribution is 0.118. The zero-order valence-corrected chi connectivity index (χ0v) is 10.9. The van der Waals surface area contributed by atoms with Crippen LogP contribution >= 0.6 is 0 Å². The SMILES string of the molecule is COCCNCC(O)C1NCCc2ccccc21. The highest BCUT2D eigenvalue weighted by molar-refractivity contribution is 5.33. The molecule has 0 saturated carbocycles. The minimum Gasteiger partial charge on any atom is -0.390 e. The lowest BCUT2D eigenvalue weighted by Gasteiger charge is -2.30. The summed E-state index contributed by atoms with van der Waals surface area (Å²) in [6.07, 6.45) is 0.625. The van der Waals surface area contributed by atoms with Crippen LogP contribution in [0.5, 0.6) is 0 Å². The van der Waals surface area contributed by atoms with E-state index in [0.29, 0.717) is 13.2 Å². The van der Waals surface area contributed by atoms with Crippen LogP contribution in [0, 0.1) is 0 Å². The molecule has 1 aromatic rings. The third kappa shape index (κ3) is 3.29. The summed E-state index contributed by atoms with van der Waals surface area (Å²) in [6.45, 7) is 2.94. The first-order valence-electron chi connectivity index (χ1n) is 6.52. The molecule has 0 fully saturated rings. The van der Waals surface area contributed by atoms with E-state index in [9.17, 15) is 5.11 Å². The van der Waals surface area contributed by atoms with E-state index in [0.717, 1.165) is 19.5 Å². The highest BCUT2D eigenvalue weighted by Crippen LogP contribution is 2.24. The summed E-state index contributed by atoms with van der Waals surface area (Å²) in [4.78, 5) is 0. The number of hydrogen-bond donors (Lipinski definition) is 3. The summed E-state index contributed by atoms with van der Waals surface area (Å²) < 4.78 is 4.97. The molecule has 100 valence electrons. The number of aliphatic hydroxyl groups excluding tert-OH is 1. The van der Waals surface area contributed by atoms with Crippen molar-refractivity contribution in [3.8, 4) is 0 Å². The molecule has 1 aliphatic rings. The van der Waals surface area contributed by atoms with E-state index in [2.05, 4.69) is 28.8 Å². The summed E-state index contributed by atoms with van der Waals surface area (Å²) in [6, 6.07) is 8.37. The van der Waals surface area contributed by atoms with E-state index in [1.165, 1.54) is 11.1 Å². The van der Waals surface area contributed by atoms with Crippen molar-refractivity contribution < 1.29 is 9.84 Å². The zero-order chi connectivity index (χ0) is 12.8. The predicted molar refractivity (Wildman–Crippen MR) is 71.6 cm³/mol. The van der Waals surface area contributed by atoms with Gasteiger partial charge in [0, 0.05) is 20.2 Å². The third-order valence-corrected chi connectivity index (χ3v) is 3.37. The van der Waals surface area contributed by atoms with Gasteiger partial charge in [0.1, 0.15) is 0 Å². The Hall–Kier alpha value is -0.940. The average Bonchev–Trinajstić information content (AvgIpc) is 2.43. The third-order valence-electron chi connectivity index (χ3n) is 3.37. The van der Waals surface area contributed by atoms with E-state index in [1.54, 1.807) is 7.11 Å². The first-order valence-corrected chi connectivity index (χ1v) is 6.52. The first-order chi connectivity index (χ1) is 8.83. The number of benzene rings is 1. The van der Waals surface area contributed by atoms with Gasteiger partial charge >= 0.3 is 0 Å². The second-order valence-corrected chi connectivity index (χ2v) is 4.64. The van der Waals surface area contributed by atoms with Crippen molar-refractivity contribution in [2.45, 2.75) is 18.6 Å². The number of methoxy groups -OCH3 is 1. The summed E-state index contributed by atoms with van der Waals surface area (Å²) in [5.41, 5.74) is 2.57. The second kappa shape index (κ2) is 6.85. The van der Waals surface area contributed by atoms with Gasteiger partial charge in [0.05, 0.1) is 18.8 Å². The Bertz CT molecular complexity index is 371. The lowest BCUT2D eigenvalue weighted by atomic mass is 9.91. The molecule has 0 amide bonds. The number of ether oxygens (including phenoxy) is 1. The van der Waals surface area contributed by atoms with Gasteiger partial charge in [-0.05, 0) is 24.1 Å². The van der Waals surface area contributed by atoms with Gasteiger partial charge in [-0.1, -0.05) is 24.3 Å². The number of fused-ring (bicyclic) bond motifs is 1. The maximum atomic E-state index is 10.3. The Balaban J connectivity index is 1.93. The van der Waals surface area contributed by atoms with Crippen LogP contribution in [0.25, 0.3) is 0 Å². The Kier molecular flexibility index (Phi) is 5.13. The van der Waals surface area contributed by atoms with Gasteiger partial charge in [0.25, 0.3) is 0 Å². The van der Waals surface area contributed by atoms with Crippen LogP contribution in [0.4, 0.5) is 0 Å². The molecular weight excluding hydrogens is 228 g/mol. The standard InChI is InChI=1S/C14H22N2O2/c1-18-9-8-15-10-13(17)14-12-5-3-2-4-11(12)6-7-16-14/h2-5,13-17H,6-10H2,1H3. The van der Waals surface area contributed by atoms with Gasteiger partial charge in [0.15, 0.2) is 0 Å². The van der Waals surface area contributed by atoms with Crippen molar-refractivity contribution >= 4 is 0 Å². The van der Waals surface area contributed by atoms with Crippen molar-refractivity contribution in [3.05, 3.63) is 35.4 Å². The molecule has 0 bridgehead atoms. The largest absolute Gasteiger partial charge is 0.390 e. The van der Waals surface area contributed by atoms with Crippen LogP contribution in [0.1, 0.15) is 17.2 Å². The topological polar surface area (TPSA) is 53.5 Å². The predicted octanol–water partition coefficient (Wildman–Crippen LogP) is 0.470. The molecule has 0 aliphatic carbocycles. The number of aliphatic hydroxyl groups is 1. The molecule has 4 heteroatoms. The summed E-state index contributed by atoms with van der Waals surface area (Å²) in [5, 5.41) is 16.8. The van der Waals surface area contributed by atoms with Crippen LogP contribution in [0.15, 0.2) is 24.3 Å². The summed E-state index contributed by atoms with van der Waals surface area (Å²) in [5.74, 6) is 0. The molecular formula is C14H22N2O2. The second-order valence-electron chi connectivity index (χ2n) is 4.64. The molecule has 0 spiro atoms. The number of rotatable bonds is 6. The summed E-state index contributed by atoms with van der Waals surface area (Å²) in [7, 11) is 1.68. The molecule has 18 heavy (non-hydrogen) atoms. The highest BCUT2D eigenvalue weighted by atomic mass is 16.5. The minimum atomic E-state index is -0.414. The molecule has 1 aliphatic heterocycles. The molecule has 0 aromatic heterocycles. The fraction of sp³-hybridized carbons (Fsp3) is 0.571. The molecule has 1 heterocycles. The first kappa shape index (κ1) is 13.5. The van der Waals surface area contributed by atoms with Crippen LogP contribution < -0.4 is 10.6 Å². The average molecular weight is 250 g/mol. The van der Waals surface area contributed by atoms with Gasteiger partial charge in [-0.3, -0.25) is 0 Å². The molecule has 2 rings (SSSR count). The molecule has 4 nitrogen and oxygen atoms in total. The van der Waals surface area contributed by atoms with E-state index in [4.69, 9.17) is 4.74 Å². The molecule has 0 saturated heterocycles. The molecule has 1 aromatic carbocycles. The van der Waals surface area contributed by atoms with Gasteiger partial charge in [-0.25, -0.2) is 0 Å². The highest BCUT2D eigenvalue weighted by Gasteiger charge is 2.25. The fourth-order valence-corrected chi connectivity index (χ4v) is 2.42. The Morgan fingerprint density at radius 2 is 2.33 bits per heavy atom. The fourth-order valence-electron chi connectivity index (χ4n) is 2.42. The normalized spacial score (nSPS) is 20.4. The van der Waals surface area contributed by atoms with Gasteiger partial charge in [0.2, 0.25) is 0 Å². The maximum Gasteiger partial charge on any atom is 0.0859 e. The van der Waals surface area contributed by atoms with Crippen LogP contribution in [0.2, 0.25) is 0 Å². The van der Waals surface area contributed by atoms with Gasteiger partial charge < -0.3 is 20.5 Å². The van der Waals surface area contributed by atoms with Crippen molar-refractivity contribution in [2.75, 3.05) is 33.4 Å². The maximum absolute atomic E-state index is 10.3. The summed E-state index contributed by atoms with van der Waals surface area (Å²) >= 11 is 0.